The van der Waals surface area contributed by atoms with Crippen molar-refractivity contribution >= 4 is 5.97 Å². The van der Waals surface area contributed by atoms with Gasteiger partial charge >= 0.3 is 12.1 Å². The third-order valence-corrected chi connectivity index (χ3v) is 2.35. The van der Waals surface area contributed by atoms with Crippen molar-refractivity contribution in [1.82, 2.24) is 0 Å². The van der Waals surface area contributed by atoms with Gasteiger partial charge in [0, 0.05) is 0 Å². The van der Waals surface area contributed by atoms with Gasteiger partial charge in [0.05, 0.1) is 18.6 Å². The highest BCUT2D eigenvalue weighted by Crippen LogP contribution is 2.33. The summed E-state index contributed by atoms with van der Waals surface area (Å²) in [4.78, 5) is 11.2. The quantitative estimate of drug-likeness (QED) is 0.595. The van der Waals surface area contributed by atoms with E-state index in [1.54, 1.807) is 0 Å². The molecule has 0 aliphatic carbocycles. The minimum atomic E-state index is -4.78. The van der Waals surface area contributed by atoms with Crippen LogP contribution < -0.4 is 0 Å². The predicted octanol–water partition coefficient (Wildman–Crippen LogP) is 3.12. The fraction of sp³-hybridized carbons (Fsp3) is 0.364. The molecule has 0 aromatic heterocycles. The summed E-state index contributed by atoms with van der Waals surface area (Å²) in [5.74, 6) is -2.91. The van der Waals surface area contributed by atoms with Crippen LogP contribution in [0.15, 0.2) is 18.2 Å². The van der Waals surface area contributed by atoms with Crippen molar-refractivity contribution in [1.29, 1.82) is 0 Å². The van der Waals surface area contributed by atoms with E-state index >= 15 is 0 Å². The van der Waals surface area contributed by atoms with Crippen LogP contribution in [0.5, 0.6) is 0 Å². The number of carbonyl (C=O) groups is 1. The number of alkyl halides is 3. The first kappa shape index (κ1) is 13.5. The van der Waals surface area contributed by atoms with Gasteiger partial charge in [-0.05, 0) is 24.6 Å². The lowest BCUT2D eigenvalue weighted by Crippen LogP contribution is -2.14. The second-order valence-electron chi connectivity index (χ2n) is 3.48. The summed E-state index contributed by atoms with van der Waals surface area (Å²) < 4.78 is 54.6. The van der Waals surface area contributed by atoms with Crippen LogP contribution in [0.3, 0.4) is 0 Å². The summed E-state index contributed by atoms with van der Waals surface area (Å²) in [6.07, 6.45) is -4.78. The number of methoxy groups -OCH3 is 1. The van der Waals surface area contributed by atoms with Gasteiger partial charge in [0.1, 0.15) is 5.82 Å². The minimum Gasteiger partial charge on any atom is -0.469 e. The lowest BCUT2D eigenvalue weighted by atomic mass is 9.99. The first-order valence-electron chi connectivity index (χ1n) is 4.72. The van der Waals surface area contributed by atoms with Gasteiger partial charge in [0.15, 0.2) is 0 Å². The van der Waals surface area contributed by atoms with Gasteiger partial charge in [-0.1, -0.05) is 6.07 Å². The summed E-state index contributed by atoms with van der Waals surface area (Å²) in [6.45, 7) is 1.39. The van der Waals surface area contributed by atoms with Crippen LogP contribution in [-0.4, -0.2) is 13.1 Å². The van der Waals surface area contributed by atoms with E-state index in [-0.39, 0.29) is 5.56 Å². The molecule has 1 unspecified atom stereocenters. The highest BCUT2D eigenvalue weighted by Gasteiger charge is 2.34. The second-order valence-corrected chi connectivity index (χ2v) is 3.48. The van der Waals surface area contributed by atoms with Gasteiger partial charge in [-0.15, -0.1) is 0 Å². The van der Waals surface area contributed by atoms with Crippen molar-refractivity contribution in [3.05, 3.63) is 35.1 Å². The molecule has 0 N–H and O–H groups in total. The Labute approximate surface area is 95.2 Å². The van der Waals surface area contributed by atoms with Gasteiger partial charge in [0.25, 0.3) is 0 Å². The number of esters is 1. The lowest BCUT2D eigenvalue weighted by Gasteiger charge is -2.13. The molecule has 1 aromatic carbocycles. The standard InChI is InChI=1S/C11H10F4O2/c1-6(10(16)17-2)7-3-4-9(12)8(5-7)11(13,14)15/h3-6H,1-2H3. The molecular weight excluding hydrogens is 240 g/mol. The van der Waals surface area contributed by atoms with E-state index in [0.717, 1.165) is 13.2 Å². The first-order valence-corrected chi connectivity index (χ1v) is 4.72. The van der Waals surface area contributed by atoms with E-state index in [0.29, 0.717) is 12.1 Å². The van der Waals surface area contributed by atoms with E-state index in [4.69, 9.17) is 0 Å². The smallest absolute Gasteiger partial charge is 0.419 e. The molecule has 0 fully saturated rings. The highest BCUT2D eigenvalue weighted by atomic mass is 19.4. The van der Waals surface area contributed by atoms with Crippen molar-refractivity contribution in [2.75, 3.05) is 7.11 Å². The number of ether oxygens (including phenoxy) is 1. The molecule has 94 valence electrons. The highest BCUT2D eigenvalue weighted by molar-refractivity contribution is 5.77. The van der Waals surface area contributed by atoms with Crippen LogP contribution >= 0.6 is 0 Å². The third kappa shape index (κ3) is 2.95. The molecular formula is C11H10F4O2. The van der Waals surface area contributed by atoms with Crippen molar-refractivity contribution in [3.63, 3.8) is 0 Å². The average Bonchev–Trinajstić information content (AvgIpc) is 2.26. The van der Waals surface area contributed by atoms with E-state index in [1.165, 1.54) is 6.92 Å². The van der Waals surface area contributed by atoms with Crippen molar-refractivity contribution < 1.29 is 27.1 Å². The molecule has 0 aliphatic rings. The number of hydrogen-bond donors (Lipinski definition) is 0. The topological polar surface area (TPSA) is 26.3 Å². The predicted molar refractivity (Wildman–Crippen MR) is 51.8 cm³/mol. The van der Waals surface area contributed by atoms with Crippen molar-refractivity contribution in [3.8, 4) is 0 Å². The molecule has 1 aromatic rings. The Kier molecular flexibility index (Phi) is 3.75. The molecule has 0 heterocycles. The fourth-order valence-electron chi connectivity index (χ4n) is 1.34. The Morgan fingerprint density at radius 2 is 1.94 bits per heavy atom. The summed E-state index contributed by atoms with van der Waals surface area (Å²) in [5, 5.41) is 0. The maximum absolute atomic E-state index is 13.0. The zero-order valence-corrected chi connectivity index (χ0v) is 9.14. The van der Waals surface area contributed by atoms with E-state index in [1.807, 2.05) is 0 Å². The minimum absolute atomic E-state index is 0.0607. The van der Waals surface area contributed by atoms with Gasteiger partial charge in [0.2, 0.25) is 0 Å². The van der Waals surface area contributed by atoms with Gasteiger partial charge in [-0.2, -0.15) is 13.2 Å². The van der Waals surface area contributed by atoms with Gasteiger partial charge in [-0.25, -0.2) is 4.39 Å². The van der Waals surface area contributed by atoms with E-state index < -0.39 is 29.4 Å². The summed E-state index contributed by atoms with van der Waals surface area (Å²) in [7, 11) is 1.13. The Morgan fingerprint density at radius 3 is 2.41 bits per heavy atom. The van der Waals surface area contributed by atoms with Crippen LogP contribution in [-0.2, 0) is 15.7 Å². The first-order chi connectivity index (χ1) is 7.77. The number of benzene rings is 1. The molecule has 0 bridgehead atoms. The molecule has 0 amide bonds. The lowest BCUT2D eigenvalue weighted by molar-refractivity contribution is -0.143. The molecule has 0 saturated heterocycles. The molecule has 0 radical (unpaired) electrons. The second kappa shape index (κ2) is 4.73. The molecule has 0 saturated carbocycles. The molecule has 6 heteroatoms. The van der Waals surface area contributed by atoms with Gasteiger partial charge < -0.3 is 4.74 Å². The normalized spacial score (nSPS) is 13.3. The maximum atomic E-state index is 13.0. The SMILES string of the molecule is COC(=O)C(C)c1ccc(F)c(C(F)(F)F)c1. The number of carbonyl (C=O) groups excluding carboxylic acids is 1. The van der Waals surface area contributed by atoms with Crippen molar-refractivity contribution in [2.45, 2.75) is 19.0 Å². The Bertz CT molecular complexity index is 426. The number of rotatable bonds is 2. The Morgan fingerprint density at radius 1 is 1.35 bits per heavy atom. The van der Waals surface area contributed by atoms with Crippen LogP contribution in [0.1, 0.15) is 24.0 Å². The van der Waals surface area contributed by atoms with Gasteiger partial charge in [-0.3, -0.25) is 4.79 Å². The summed E-state index contributed by atoms with van der Waals surface area (Å²) in [6, 6.07) is 2.45. The molecule has 2 nitrogen and oxygen atoms in total. The monoisotopic (exact) mass is 250 g/mol. The molecule has 1 rings (SSSR count). The molecule has 1 atom stereocenters. The fourth-order valence-corrected chi connectivity index (χ4v) is 1.34. The average molecular weight is 250 g/mol. The zero-order chi connectivity index (χ0) is 13.2. The Balaban J connectivity index is 3.17. The zero-order valence-electron chi connectivity index (χ0n) is 9.14. The largest absolute Gasteiger partial charge is 0.469 e. The maximum Gasteiger partial charge on any atom is 0.419 e. The van der Waals surface area contributed by atoms with E-state index in [2.05, 4.69) is 4.74 Å². The van der Waals surface area contributed by atoms with Crippen molar-refractivity contribution in [2.24, 2.45) is 0 Å². The van der Waals surface area contributed by atoms with Crippen LogP contribution in [0.25, 0.3) is 0 Å². The van der Waals surface area contributed by atoms with Crippen LogP contribution in [0.4, 0.5) is 17.6 Å². The van der Waals surface area contributed by atoms with E-state index in [9.17, 15) is 22.4 Å². The number of halogens is 4. The molecule has 17 heavy (non-hydrogen) atoms. The Hall–Kier alpha value is -1.59. The summed E-state index contributed by atoms with van der Waals surface area (Å²) >= 11 is 0. The molecule has 0 aliphatic heterocycles. The van der Waals surface area contributed by atoms with Crippen LogP contribution in [0, 0.1) is 5.82 Å². The van der Waals surface area contributed by atoms with Crippen LogP contribution in [0.2, 0.25) is 0 Å². The summed E-state index contributed by atoms with van der Waals surface area (Å²) in [5.41, 5.74) is -1.32. The molecule has 0 spiro atoms. The number of hydrogen-bond acceptors (Lipinski definition) is 2. The third-order valence-electron chi connectivity index (χ3n) is 2.35.